The fraction of sp³-hybridized carbons (Fsp3) is 0.190. The third-order valence-corrected chi connectivity index (χ3v) is 4.65. The van der Waals surface area contributed by atoms with Crippen LogP contribution < -0.4 is 20.5 Å². The van der Waals surface area contributed by atoms with Crippen LogP contribution in [0, 0.1) is 0 Å². The van der Waals surface area contributed by atoms with Crippen molar-refractivity contribution in [3.05, 3.63) is 54.4 Å². The Morgan fingerprint density at radius 2 is 1.83 bits per heavy atom. The number of anilines is 2. The summed E-state index contributed by atoms with van der Waals surface area (Å²) in [7, 11) is 5.07. The molecule has 4 rings (SSSR count). The van der Waals surface area contributed by atoms with Gasteiger partial charge in [0.25, 0.3) is 0 Å². The number of nitrogens with two attached hydrogens (primary N) is 1. The van der Waals surface area contributed by atoms with Gasteiger partial charge in [-0.3, -0.25) is 4.68 Å². The molecule has 8 heteroatoms. The molecule has 8 nitrogen and oxygen atoms in total. The molecule has 2 aromatic carbocycles. The summed E-state index contributed by atoms with van der Waals surface area (Å²) >= 11 is 0. The fourth-order valence-electron chi connectivity index (χ4n) is 3.17. The van der Waals surface area contributed by atoms with Gasteiger partial charge in [-0.15, -0.1) is 0 Å². The van der Waals surface area contributed by atoms with Crippen molar-refractivity contribution in [3.8, 4) is 22.6 Å². The Labute approximate surface area is 168 Å². The van der Waals surface area contributed by atoms with Crippen molar-refractivity contribution in [1.82, 2.24) is 19.7 Å². The molecular weight excluding hydrogens is 368 g/mol. The number of nitrogen functional groups attached to an aromatic ring is 1. The third kappa shape index (κ3) is 3.77. The number of rotatable bonds is 6. The van der Waals surface area contributed by atoms with Crippen LogP contribution >= 0.6 is 0 Å². The van der Waals surface area contributed by atoms with Crippen molar-refractivity contribution in [2.24, 2.45) is 7.05 Å². The third-order valence-electron chi connectivity index (χ3n) is 4.65. The fourth-order valence-corrected chi connectivity index (χ4v) is 3.17. The minimum Gasteiger partial charge on any atom is -0.493 e. The number of ether oxygens (including phenoxy) is 2. The molecule has 0 aliphatic rings. The first-order chi connectivity index (χ1) is 14.1. The lowest BCUT2D eigenvalue weighted by atomic mass is 10.1. The van der Waals surface area contributed by atoms with Crippen molar-refractivity contribution < 1.29 is 9.47 Å². The van der Waals surface area contributed by atoms with Crippen molar-refractivity contribution in [3.63, 3.8) is 0 Å². The molecule has 0 saturated carbocycles. The molecule has 2 heterocycles. The number of aryl methyl sites for hydroxylation is 1. The second-order valence-corrected chi connectivity index (χ2v) is 6.61. The zero-order valence-electron chi connectivity index (χ0n) is 16.5. The maximum Gasteiger partial charge on any atom is 0.225 e. The van der Waals surface area contributed by atoms with Crippen molar-refractivity contribution in [1.29, 1.82) is 0 Å². The number of hydrogen-bond donors (Lipinski definition) is 2. The minimum atomic E-state index is 0.377. The van der Waals surface area contributed by atoms with E-state index >= 15 is 0 Å². The zero-order chi connectivity index (χ0) is 20.4. The van der Waals surface area contributed by atoms with Crippen LogP contribution in [0.4, 0.5) is 11.8 Å². The van der Waals surface area contributed by atoms with Gasteiger partial charge in [0, 0.05) is 36.8 Å². The topological polar surface area (TPSA) is 100 Å². The zero-order valence-corrected chi connectivity index (χ0v) is 16.5. The van der Waals surface area contributed by atoms with Gasteiger partial charge < -0.3 is 20.5 Å². The maximum atomic E-state index is 6.15. The molecule has 0 atom stereocenters. The first-order valence-electron chi connectivity index (χ1n) is 9.08. The lowest BCUT2D eigenvalue weighted by Crippen LogP contribution is -2.06. The first kappa shape index (κ1) is 18.5. The van der Waals surface area contributed by atoms with Crippen molar-refractivity contribution >= 4 is 22.7 Å². The summed E-state index contributed by atoms with van der Waals surface area (Å²) in [6, 6.07) is 11.8. The quantitative estimate of drug-likeness (QED) is 0.521. The first-order valence-corrected chi connectivity index (χ1v) is 9.08. The van der Waals surface area contributed by atoms with Gasteiger partial charge in [0.1, 0.15) is 5.82 Å². The second kappa shape index (κ2) is 7.67. The molecule has 0 aliphatic carbocycles. The molecule has 0 bridgehead atoms. The van der Waals surface area contributed by atoms with E-state index in [0.717, 1.165) is 16.7 Å². The van der Waals surface area contributed by atoms with Crippen LogP contribution in [0.5, 0.6) is 11.5 Å². The average Bonchev–Trinajstić information content (AvgIpc) is 3.18. The number of nitrogens with one attached hydrogen (secondary N) is 1. The van der Waals surface area contributed by atoms with Crippen molar-refractivity contribution in [2.45, 2.75) is 6.54 Å². The molecule has 0 spiro atoms. The van der Waals surface area contributed by atoms with Gasteiger partial charge in [-0.05, 0) is 23.3 Å². The van der Waals surface area contributed by atoms with Gasteiger partial charge in [-0.1, -0.05) is 18.2 Å². The highest BCUT2D eigenvalue weighted by molar-refractivity contribution is 5.91. The lowest BCUT2D eigenvalue weighted by molar-refractivity contribution is 0.356. The molecule has 0 fully saturated rings. The number of nitrogens with zero attached hydrogens (tertiary/aromatic N) is 4. The second-order valence-electron chi connectivity index (χ2n) is 6.61. The summed E-state index contributed by atoms with van der Waals surface area (Å²) in [5, 5.41) is 8.19. The Kier molecular flexibility index (Phi) is 4.90. The minimum absolute atomic E-state index is 0.377. The molecule has 0 radical (unpaired) electrons. The molecule has 29 heavy (non-hydrogen) atoms. The number of hydrogen-bond acceptors (Lipinski definition) is 7. The van der Waals surface area contributed by atoms with E-state index in [2.05, 4.69) is 32.5 Å². The van der Waals surface area contributed by atoms with E-state index in [9.17, 15) is 0 Å². The Balaban J connectivity index is 1.58. The monoisotopic (exact) mass is 390 g/mol. The average molecular weight is 390 g/mol. The molecule has 0 amide bonds. The number of fused-ring (bicyclic) bond motifs is 1. The number of methoxy groups -OCH3 is 2. The lowest BCUT2D eigenvalue weighted by Gasteiger charge is -2.12. The summed E-state index contributed by atoms with van der Waals surface area (Å²) in [4.78, 5) is 8.95. The van der Waals surface area contributed by atoms with Crippen LogP contribution in [-0.4, -0.2) is 34.0 Å². The van der Waals surface area contributed by atoms with Crippen molar-refractivity contribution in [2.75, 3.05) is 25.3 Å². The van der Waals surface area contributed by atoms with E-state index in [1.807, 2.05) is 31.6 Å². The Morgan fingerprint density at radius 3 is 2.55 bits per heavy atom. The highest BCUT2D eigenvalue weighted by atomic mass is 16.5. The summed E-state index contributed by atoms with van der Waals surface area (Å²) in [5.41, 5.74) is 10.1. The summed E-state index contributed by atoms with van der Waals surface area (Å²) in [5.74, 6) is 2.01. The molecule has 0 aliphatic heterocycles. The van der Waals surface area contributed by atoms with Crippen LogP contribution in [0.2, 0.25) is 0 Å². The van der Waals surface area contributed by atoms with Crippen LogP contribution in [0.15, 0.2) is 48.8 Å². The molecular formula is C21H22N6O2. The standard InChI is InChI=1S/C21H22N6O2/c1-27-12-15(11-24-27)14-6-4-5-13(7-14)10-23-21-25-17-9-19(29-3)18(28-2)8-16(17)20(22)26-21/h4-9,11-12H,10H2,1-3H3,(H3,22,23,25,26). The summed E-state index contributed by atoms with van der Waals surface area (Å²) in [6.45, 7) is 0.562. The highest BCUT2D eigenvalue weighted by Crippen LogP contribution is 2.33. The highest BCUT2D eigenvalue weighted by Gasteiger charge is 2.12. The van der Waals surface area contributed by atoms with Gasteiger partial charge in [-0.25, -0.2) is 4.98 Å². The smallest absolute Gasteiger partial charge is 0.225 e. The Hall–Kier alpha value is -3.81. The molecule has 3 N–H and O–H groups in total. The SMILES string of the molecule is COc1cc2nc(NCc3cccc(-c4cnn(C)c4)c3)nc(N)c2cc1OC. The van der Waals surface area contributed by atoms with Crippen LogP contribution in [0.25, 0.3) is 22.0 Å². The van der Waals surface area contributed by atoms with Gasteiger partial charge in [0.2, 0.25) is 5.95 Å². The van der Waals surface area contributed by atoms with Crippen LogP contribution in [0.1, 0.15) is 5.56 Å². The number of aromatic nitrogens is 4. The van der Waals surface area contributed by atoms with Gasteiger partial charge in [0.05, 0.1) is 25.9 Å². The molecule has 148 valence electrons. The van der Waals surface area contributed by atoms with E-state index in [-0.39, 0.29) is 0 Å². The Morgan fingerprint density at radius 1 is 1.03 bits per heavy atom. The largest absolute Gasteiger partial charge is 0.493 e. The van der Waals surface area contributed by atoms with Crippen LogP contribution in [-0.2, 0) is 13.6 Å². The van der Waals surface area contributed by atoms with Gasteiger partial charge in [0.15, 0.2) is 11.5 Å². The van der Waals surface area contributed by atoms with E-state index in [1.165, 1.54) is 0 Å². The predicted octanol–water partition coefficient (Wildman–Crippen LogP) is 3.24. The molecule has 4 aromatic rings. The normalized spacial score (nSPS) is 10.9. The van der Waals surface area contributed by atoms with E-state index in [0.29, 0.717) is 40.7 Å². The summed E-state index contributed by atoms with van der Waals surface area (Å²) < 4.78 is 12.5. The Bertz CT molecular complexity index is 1170. The van der Waals surface area contributed by atoms with Gasteiger partial charge >= 0.3 is 0 Å². The van der Waals surface area contributed by atoms with Crippen LogP contribution in [0.3, 0.4) is 0 Å². The maximum absolute atomic E-state index is 6.15. The number of benzene rings is 2. The molecule has 2 aromatic heterocycles. The van der Waals surface area contributed by atoms with E-state index in [1.54, 1.807) is 31.0 Å². The van der Waals surface area contributed by atoms with E-state index in [4.69, 9.17) is 15.2 Å². The van der Waals surface area contributed by atoms with Gasteiger partial charge in [-0.2, -0.15) is 10.1 Å². The molecule has 0 unspecified atom stereocenters. The summed E-state index contributed by atoms with van der Waals surface area (Å²) in [6.07, 6.45) is 3.84. The van der Waals surface area contributed by atoms with E-state index < -0.39 is 0 Å². The molecule has 0 saturated heterocycles. The predicted molar refractivity (Wildman–Crippen MR) is 113 cm³/mol.